The molecule has 0 radical (unpaired) electrons. The van der Waals surface area contributed by atoms with Gasteiger partial charge in [-0.1, -0.05) is 55.8 Å². The van der Waals surface area contributed by atoms with E-state index in [2.05, 4.69) is 48.3 Å². The van der Waals surface area contributed by atoms with Gasteiger partial charge in [0.05, 0.1) is 25.8 Å². The number of thiocarbonyl (C=S) groups is 1. The summed E-state index contributed by atoms with van der Waals surface area (Å²) in [5.41, 5.74) is 5.03. The Morgan fingerprint density at radius 1 is 1.06 bits per heavy atom. The van der Waals surface area contributed by atoms with Crippen LogP contribution in [-0.4, -0.2) is 40.9 Å². The molecule has 0 fully saturated rings. The van der Waals surface area contributed by atoms with Crippen molar-refractivity contribution in [1.29, 1.82) is 0 Å². The van der Waals surface area contributed by atoms with E-state index in [1.807, 2.05) is 30.3 Å². The van der Waals surface area contributed by atoms with Crippen molar-refractivity contribution in [1.82, 2.24) is 20.4 Å². The highest BCUT2D eigenvalue weighted by atomic mass is 32.1. The minimum atomic E-state index is -0.282. The molecule has 3 aromatic rings. The van der Waals surface area contributed by atoms with Gasteiger partial charge in [0.25, 0.3) is 5.89 Å². The second kappa shape index (κ2) is 10.9. The maximum atomic E-state index is 5.84. The zero-order chi connectivity index (χ0) is 24.9. The van der Waals surface area contributed by atoms with Gasteiger partial charge in [0.1, 0.15) is 0 Å². The topological polar surface area (TPSA) is 72.7 Å². The molecule has 1 atom stereocenters. The molecule has 4 rings (SSSR count). The highest BCUT2D eigenvalue weighted by molar-refractivity contribution is 7.80. The van der Waals surface area contributed by atoms with Crippen LogP contribution < -0.4 is 14.8 Å². The van der Waals surface area contributed by atoms with E-state index in [9.17, 15) is 0 Å². The molecule has 2 aromatic carbocycles. The lowest BCUT2D eigenvalue weighted by Gasteiger charge is -2.37. The number of hydrogen-bond acceptors (Lipinski definition) is 6. The van der Waals surface area contributed by atoms with Crippen LogP contribution in [0.1, 0.15) is 56.7 Å². The summed E-state index contributed by atoms with van der Waals surface area (Å²) in [6.07, 6.45) is 3.07. The van der Waals surface area contributed by atoms with Crippen molar-refractivity contribution in [3.05, 3.63) is 65.2 Å². The van der Waals surface area contributed by atoms with Crippen LogP contribution >= 0.6 is 12.2 Å². The molecule has 0 spiro atoms. The fourth-order valence-corrected chi connectivity index (χ4v) is 4.61. The average molecular weight is 493 g/mol. The van der Waals surface area contributed by atoms with E-state index in [0.29, 0.717) is 28.3 Å². The highest BCUT2D eigenvalue weighted by Gasteiger charge is 2.34. The third-order valence-electron chi connectivity index (χ3n) is 6.35. The minimum absolute atomic E-state index is 0.282. The molecule has 0 amide bonds. The lowest BCUT2D eigenvalue weighted by molar-refractivity contribution is 0.354. The molecular weight excluding hydrogens is 460 g/mol. The Morgan fingerprint density at radius 2 is 1.80 bits per heavy atom. The van der Waals surface area contributed by atoms with Crippen molar-refractivity contribution in [3.63, 3.8) is 0 Å². The Bertz CT molecular complexity index is 1220. The van der Waals surface area contributed by atoms with Crippen LogP contribution in [-0.2, 0) is 6.42 Å². The quantitative estimate of drug-likeness (QED) is 0.377. The number of methoxy groups -OCH3 is 2. The predicted octanol–water partition coefficient (Wildman–Crippen LogP) is 5.78. The molecule has 1 aliphatic heterocycles. The van der Waals surface area contributed by atoms with Crippen molar-refractivity contribution in [2.75, 3.05) is 20.8 Å². The molecule has 0 saturated carbocycles. The summed E-state index contributed by atoms with van der Waals surface area (Å²) in [7, 11) is 3.25. The van der Waals surface area contributed by atoms with Crippen molar-refractivity contribution in [2.45, 2.75) is 46.1 Å². The molecule has 7 nitrogen and oxygen atoms in total. The molecule has 0 saturated heterocycles. The summed E-state index contributed by atoms with van der Waals surface area (Å²) < 4.78 is 16.8. The fraction of sp³-hybridized carbons (Fsp3) is 0.370. The van der Waals surface area contributed by atoms with Gasteiger partial charge in [0.2, 0.25) is 5.82 Å². The molecule has 184 valence electrons. The summed E-state index contributed by atoms with van der Waals surface area (Å²) in [4.78, 5) is 6.92. The number of aryl methyl sites for hydroxylation is 1. The number of hydrogen-bond donors (Lipinski definition) is 1. The van der Waals surface area contributed by atoms with Gasteiger partial charge in [-0.15, -0.1) is 0 Å². The first-order chi connectivity index (χ1) is 17.0. The summed E-state index contributed by atoms with van der Waals surface area (Å²) in [6.45, 7) is 7.18. The SMILES string of the molecule is CCCCN1C(=S)NC(c2ccc(OC)c(OC)c2)C(c2nc(-c3ccc(CC)cc3)no2)=C1C. The largest absolute Gasteiger partial charge is 0.493 e. The van der Waals surface area contributed by atoms with Crippen molar-refractivity contribution < 1.29 is 14.0 Å². The van der Waals surface area contributed by atoms with Crippen LogP contribution in [0.15, 0.2) is 52.7 Å². The van der Waals surface area contributed by atoms with Crippen LogP contribution in [0.25, 0.3) is 17.0 Å². The molecule has 0 aliphatic carbocycles. The Morgan fingerprint density at radius 3 is 2.46 bits per heavy atom. The number of benzene rings is 2. The maximum Gasteiger partial charge on any atom is 0.258 e. The van der Waals surface area contributed by atoms with E-state index in [4.69, 9.17) is 31.2 Å². The molecule has 2 heterocycles. The van der Waals surface area contributed by atoms with E-state index in [0.717, 1.165) is 48.2 Å². The van der Waals surface area contributed by atoms with Crippen LogP contribution in [0.4, 0.5) is 0 Å². The van der Waals surface area contributed by atoms with Crippen LogP contribution in [0, 0.1) is 0 Å². The van der Waals surface area contributed by atoms with Crippen molar-refractivity contribution in [3.8, 4) is 22.9 Å². The van der Waals surface area contributed by atoms with Crippen LogP contribution in [0.3, 0.4) is 0 Å². The summed E-state index contributed by atoms with van der Waals surface area (Å²) in [6, 6.07) is 13.8. The molecule has 35 heavy (non-hydrogen) atoms. The predicted molar refractivity (Wildman–Crippen MR) is 141 cm³/mol. The fourth-order valence-electron chi connectivity index (χ4n) is 4.27. The standard InChI is InChI=1S/C27H32N4O3S/c1-6-8-15-31-17(3)23(26-29-25(30-34-26)19-11-9-18(7-2)10-12-19)24(28-27(31)35)20-13-14-21(32-4)22(16-20)33-5/h9-14,16,24H,6-8,15H2,1-5H3,(H,28,35). The summed E-state index contributed by atoms with van der Waals surface area (Å²) in [5, 5.41) is 8.48. The lowest BCUT2D eigenvalue weighted by atomic mass is 9.94. The van der Waals surface area contributed by atoms with E-state index in [-0.39, 0.29) is 6.04 Å². The second-order valence-corrected chi connectivity index (χ2v) is 8.86. The van der Waals surface area contributed by atoms with E-state index >= 15 is 0 Å². The van der Waals surface area contributed by atoms with Crippen LogP contribution in [0.2, 0.25) is 0 Å². The smallest absolute Gasteiger partial charge is 0.258 e. The molecule has 0 bridgehead atoms. The molecule has 1 aliphatic rings. The van der Waals surface area contributed by atoms with Crippen molar-refractivity contribution in [2.24, 2.45) is 0 Å². The van der Waals surface area contributed by atoms with Gasteiger partial charge >= 0.3 is 0 Å². The van der Waals surface area contributed by atoms with E-state index < -0.39 is 0 Å². The minimum Gasteiger partial charge on any atom is -0.493 e. The number of unbranched alkanes of at least 4 members (excludes halogenated alkanes) is 1. The van der Waals surface area contributed by atoms with E-state index in [1.54, 1.807) is 14.2 Å². The summed E-state index contributed by atoms with van der Waals surface area (Å²) >= 11 is 5.77. The second-order valence-electron chi connectivity index (χ2n) is 8.47. The lowest BCUT2D eigenvalue weighted by Crippen LogP contribution is -2.46. The number of ether oxygens (including phenoxy) is 2. The Labute approximate surface area is 212 Å². The Hall–Kier alpha value is -3.39. The van der Waals surface area contributed by atoms with Gasteiger partial charge < -0.3 is 24.2 Å². The van der Waals surface area contributed by atoms with Gasteiger partial charge in [-0.05, 0) is 55.2 Å². The first kappa shape index (κ1) is 24.7. The molecule has 8 heteroatoms. The number of rotatable bonds is 9. The summed E-state index contributed by atoms with van der Waals surface area (Å²) in [5.74, 6) is 2.33. The maximum absolute atomic E-state index is 5.84. The highest BCUT2D eigenvalue weighted by Crippen LogP contribution is 2.40. The number of nitrogens with one attached hydrogen (secondary N) is 1. The van der Waals surface area contributed by atoms with Crippen molar-refractivity contribution >= 4 is 22.9 Å². The monoisotopic (exact) mass is 492 g/mol. The normalized spacial score (nSPS) is 15.9. The molecule has 1 aromatic heterocycles. The molecule has 1 unspecified atom stereocenters. The number of aromatic nitrogens is 2. The van der Waals surface area contributed by atoms with Gasteiger partial charge in [-0.3, -0.25) is 0 Å². The molecular formula is C27H32N4O3S. The van der Waals surface area contributed by atoms with Gasteiger partial charge in [0, 0.05) is 17.8 Å². The van der Waals surface area contributed by atoms with Gasteiger partial charge in [-0.25, -0.2) is 0 Å². The zero-order valence-corrected chi connectivity index (χ0v) is 21.7. The van der Waals surface area contributed by atoms with Gasteiger partial charge in [-0.2, -0.15) is 4.98 Å². The van der Waals surface area contributed by atoms with E-state index in [1.165, 1.54) is 5.56 Å². The third kappa shape index (κ3) is 5.03. The Balaban J connectivity index is 1.79. The number of nitrogens with zero attached hydrogens (tertiary/aromatic N) is 3. The first-order valence-electron chi connectivity index (χ1n) is 11.9. The van der Waals surface area contributed by atoms with Gasteiger partial charge in [0.15, 0.2) is 16.6 Å². The first-order valence-corrected chi connectivity index (χ1v) is 12.4. The molecule has 1 N–H and O–H groups in total. The third-order valence-corrected chi connectivity index (χ3v) is 6.69. The Kier molecular flexibility index (Phi) is 7.70. The zero-order valence-electron chi connectivity index (χ0n) is 20.9. The number of allylic oxidation sites excluding steroid dienone is 1. The van der Waals surface area contributed by atoms with Crippen LogP contribution in [0.5, 0.6) is 11.5 Å². The average Bonchev–Trinajstić information content (AvgIpc) is 3.37.